The van der Waals surface area contributed by atoms with Crippen LogP contribution in [0.4, 0.5) is 11.9 Å². The second-order valence-electron chi connectivity index (χ2n) is 5.62. The Balaban J connectivity index is 2.14. The lowest BCUT2D eigenvalue weighted by Crippen LogP contribution is -2.27. The third-order valence-electron chi connectivity index (χ3n) is 4.01. The van der Waals surface area contributed by atoms with Crippen LogP contribution < -0.4 is 15.0 Å². The molecule has 0 aliphatic carbocycles. The molecule has 0 bridgehead atoms. The molecule has 1 aliphatic rings. The summed E-state index contributed by atoms with van der Waals surface area (Å²) in [7, 11) is 3.38. The van der Waals surface area contributed by atoms with Gasteiger partial charge in [-0.3, -0.25) is 0 Å². The van der Waals surface area contributed by atoms with Gasteiger partial charge in [-0.25, -0.2) is 0 Å². The zero-order valence-electron chi connectivity index (χ0n) is 12.9. The van der Waals surface area contributed by atoms with E-state index in [9.17, 15) is 0 Å². The van der Waals surface area contributed by atoms with Crippen LogP contribution in [0.2, 0.25) is 0 Å². The Morgan fingerprint density at radius 2 is 2.00 bits per heavy atom. The summed E-state index contributed by atoms with van der Waals surface area (Å²) in [6.45, 7) is 6.62. The second kappa shape index (κ2) is 6.72. The van der Waals surface area contributed by atoms with Gasteiger partial charge in [-0.2, -0.15) is 15.0 Å². The Kier molecular flexibility index (Phi) is 4.98. The predicted molar refractivity (Wildman–Crippen MR) is 80.3 cm³/mol. The Bertz CT molecular complexity index is 415. The van der Waals surface area contributed by atoms with Crippen LogP contribution in [0.3, 0.4) is 0 Å². The van der Waals surface area contributed by atoms with Gasteiger partial charge < -0.3 is 15.0 Å². The van der Waals surface area contributed by atoms with Crippen LogP contribution in [0.1, 0.15) is 33.1 Å². The van der Waals surface area contributed by atoms with Crippen molar-refractivity contribution in [2.75, 3.05) is 37.5 Å². The number of hydrogen-bond acceptors (Lipinski definition) is 6. The second-order valence-corrected chi connectivity index (χ2v) is 5.62. The fraction of sp³-hybridized carbons (Fsp3) is 0.786. The molecule has 0 aromatic carbocycles. The Morgan fingerprint density at radius 1 is 1.20 bits per heavy atom. The van der Waals surface area contributed by atoms with Crippen LogP contribution >= 0.6 is 0 Å². The number of nitrogens with zero attached hydrogens (tertiary/aromatic N) is 4. The van der Waals surface area contributed by atoms with Crippen molar-refractivity contribution in [2.45, 2.75) is 33.1 Å². The molecule has 1 aromatic heterocycles. The molecule has 2 rings (SSSR count). The van der Waals surface area contributed by atoms with E-state index in [0.29, 0.717) is 17.9 Å². The third kappa shape index (κ3) is 3.49. The topological polar surface area (TPSA) is 63.2 Å². The van der Waals surface area contributed by atoms with Crippen LogP contribution in [0.5, 0.6) is 6.01 Å². The molecule has 2 heterocycles. The van der Waals surface area contributed by atoms with E-state index in [1.165, 1.54) is 19.3 Å². The van der Waals surface area contributed by atoms with Gasteiger partial charge in [-0.15, -0.1) is 0 Å². The maximum absolute atomic E-state index is 5.15. The van der Waals surface area contributed by atoms with Crippen molar-refractivity contribution in [3.63, 3.8) is 0 Å². The van der Waals surface area contributed by atoms with Gasteiger partial charge >= 0.3 is 6.01 Å². The van der Waals surface area contributed by atoms with E-state index < -0.39 is 0 Å². The van der Waals surface area contributed by atoms with E-state index in [1.54, 1.807) is 14.2 Å². The van der Waals surface area contributed by atoms with E-state index in [4.69, 9.17) is 4.74 Å². The maximum Gasteiger partial charge on any atom is 0.322 e. The fourth-order valence-corrected chi connectivity index (χ4v) is 2.68. The van der Waals surface area contributed by atoms with Crippen LogP contribution in [0, 0.1) is 11.8 Å². The molecule has 1 saturated heterocycles. The Hall–Kier alpha value is -1.59. The number of rotatable bonds is 4. The van der Waals surface area contributed by atoms with Crippen molar-refractivity contribution in [3.05, 3.63) is 0 Å². The minimum atomic E-state index is 0.365. The number of nitrogens with one attached hydrogen (secondary N) is 1. The van der Waals surface area contributed by atoms with Crippen molar-refractivity contribution in [2.24, 2.45) is 11.8 Å². The number of methoxy groups -OCH3 is 1. The van der Waals surface area contributed by atoms with Gasteiger partial charge in [0.05, 0.1) is 7.11 Å². The van der Waals surface area contributed by atoms with Gasteiger partial charge in [-0.05, 0) is 31.1 Å². The molecule has 6 nitrogen and oxygen atoms in total. The lowest BCUT2D eigenvalue weighted by atomic mass is 9.89. The highest BCUT2D eigenvalue weighted by molar-refractivity contribution is 5.38. The Labute approximate surface area is 121 Å². The molecule has 1 fully saturated rings. The minimum absolute atomic E-state index is 0.365. The molecule has 1 N–H and O–H groups in total. The summed E-state index contributed by atoms with van der Waals surface area (Å²) in [5, 5.41) is 2.95. The predicted octanol–water partition coefficient (Wildman–Crippen LogP) is 2.18. The van der Waals surface area contributed by atoms with E-state index >= 15 is 0 Å². The molecule has 0 spiro atoms. The number of ether oxygens (including phenoxy) is 1. The van der Waals surface area contributed by atoms with Gasteiger partial charge in [0.2, 0.25) is 11.9 Å². The maximum atomic E-state index is 5.15. The summed E-state index contributed by atoms with van der Waals surface area (Å²) in [6, 6.07) is 0.365. The van der Waals surface area contributed by atoms with Crippen molar-refractivity contribution in [1.82, 2.24) is 15.0 Å². The lowest BCUT2D eigenvalue weighted by molar-refractivity contribution is 0.351. The first-order valence-corrected chi connectivity index (χ1v) is 7.36. The summed E-state index contributed by atoms with van der Waals surface area (Å²) in [6.07, 6.45) is 3.67. The number of aromatic nitrogens is 3. The molecule has 0 radical (unpaired) electrons. The van der Waals surface area contributed by atoms with Gasteiger partial charge in [0.15, 0.2) is 0 Å². The lowest BCUT2D eigenvalue weighted by Gasteiger charge is -2.21. The summed E-state index contributed by atoms with van der Waals surface area (Å²) in [5.74, 6) is 2.81. The van der Waals surface area contributed by atoms with Crippen LogP contribution in [-0.2, 0) is 0 Å². The van der Waals surface area contributed by atoms with Gasteiger partial charge in [0.1, 0.15) is 0 Å². The molecule has 20 heavy (non-hydrogen) atoms. The molecule has 0 amide bonds. The van der Waals surface area contributed by atoms with E-state index in [2.05, 4.69) is 39.0 Å². The molecule has 1 aliphatic heterocycles. The fourth-order valence-electron chi connectivity index (χ4n) is 2.68. The quantitative estimate of drug-likeness (QED) is 0.911. The SMILES string of the molecule is CNc1nc(OC)nc(N2CCCC(C(C)C)CC2)n1. The first kappa shape index (κ1) is 14.8. The molecular formula is C14H25N5O. The first-order chi connectivity index (χ1) is 9.63. The highest BCUT2D eigenvalue weighted by atomic mass is 16.5. The average molecular weight is 279 g/mol. The largest absolute Gasteiger partial charge is 0.467 e. The standard InChI is InChI=1S/C14H25N5O/c1-10(2)11-6-5-8-19(9-7-11)13-16-12(15-3)17-14(18-13)20-4/h10-11H,5-9H2,1-4H3,(H,15,16,17,18). The Morgan fingerprint density at radius 3 is 2.65 bits per heavy atom. The van der Waals surface area contributed by atoms with Crippen LogP contribution in [0.25, 0.3) is 0 Å². The van der Waals surface area contributed by atoms with Crippen molar-refractivity contribution in [1.29, 1.82) is 0 Å². The highest BCUT2D eigenvalue weighted by Crippen LogP contribution is 2.26. The monoisotopic (exact) mass is 279 g/mol. The van der Waals surface area contributed by atoms with Crippen LogP contribution in [0.15, 0.2) is 0 Å². The molecule has 6 heteroatoms. The summed E-state index contributed by atoms with van der Waals surface area (Å²) >= 11 is 0. The smallest absolute Gasteiger partial charge is 0.322 e. The molecule has 0 saturated carbocycles. The normalized spacial score (nSPS) is 19.9. The van der Waals surface area contributed by atoms with E-state index in [0.717, 1.165) is 24.9 Å². The number of hydrogen-bond donors (Lipinski definition) is 1. The van der Waals surface area contributed by atoms with Crippen molar-refractivity contribution < 1.29 is 4.74 Å². The van der Waals surface area contributed by atoms with E-state index in [-0.39, 0.29) is 0 Å². The molecular weight excluding hydrogens is 254 g/mol. The van der Waals surface area contributed by atoms with E-state index in [1.807, 2.05) is 0 Å². The van der Waals surface area contributed by atoms with Crippen molar-refractivity contribution in [3.8, 4) is 6.01 Å². The van der Waals surface area contributed by atoms with Crippen LogP contribution in [-0.4, -0.2) is 42.2 Å². The zero-order valence-corrected chi connectivity index (χ0v) is 12.9. The molecule has 112 valence electrons. The first-order valence-electron chi connectivity index (χ1n) is 7.36. The molecule has 1 atom stereocenters. The average Bonchev–Trinajstić information content (AvgIpc) is 2.72. The molecule has 1 aromatic rings. The summed E-state index contributed by atoms with van der Waals surface area (Å²) in [4.78, 5) is 15.2. The van der Waals surface area contributed by atoms with Gasteiger partial charge in [0, 0.05) is 20.1 Å². The zero-order chi connectivity index (χ0) is 14.5. The van der Waals surface area contributed by atoms with Gasteiger partial charge in [0.25, 0.3) is 0 Å². The number of anilines is 2. The summed E-state index contributed by atoms with van der Waals surface area (Å²) in [5.41, 5.74) is 0. The molecule has 1 unspecified atom stereocenters. The van der Waals surface area contributed by atoms with Gasteiger partial charge in [-0.1, -0.05) is 13.8 Å². The third-order valence-corrected chi connectivity index (χ3v) is 4.01. The summed E-state index contributed by atoms with van der Waals surface area (Å²) < 4.78 is 5.15. The van der Waals surface area contributed by atoms with Crippen molar-refractivity contribution >= 4 is 11.9 Å². The highest BCUT2D eigenvalue weighted by Gasteiger charge is 2.21. The minimum Gasteiger partial charge on any atom is -0.467 e.